The van der Waals surface area contributed by atoms with E-state index in [0.29, 0.717) is 6.04 Å². The third kappa shape index (κ3) is 4.42. The van der Waals surface area contributed by atoms with Gasteiger partial charge >= 0.3 is 0 Å². The van der Waals surface area contributed by atoms with E-state index in [4.69, 9.17) is 5.11 Å². The highest BCUT2D eigenvalue weighted by Gasteiger charge is 2.23. The van der Waals surface area contributed by atoms with Gasteiger partial charge in [0.1, 0.15) is 0 Å². The third-order valence-corrected chi connectivity index (χ3v) is 3.26. The van der Waals surface area contributed by atoms with E-state index in [2.05, 4.69) is 42.6 Å². The third-order valence-electron chi connectivity index (χ3n) is 3.26. The Morgan fingerprint density at radius 2 is 2.17 bits per heavy atom. The lowest BCUT2D eigenvalue weighted by Gasteiger charge is -2.31. The zero-order valence-electron chi connectivity index (χ0n) is 12.1. The van der Waals surface area contributed by atoms with E-state index in [1.165, 1.54) is 5.69 Å². The molecule has 4 nitrogen and oxygen atoms in total. The Morgan fingerprint density at radius 3 is 2.72 bits per heavy atom. The predicted molar refractivity (Wildman–Crippen MR) is 74.3 cm³/mol. The Morgan fingerprint density at radius 1 is 1.44 bits per heavy atom. The molecule has 1 atom stereocenters. The van der Waals surface area contributed by atoms with Crippen LogP contribution >= 0.6 is 0 Å². The van der Waals surface area contributed by atoms with Crippen molar-refractivity contribution < 1.29 is 5.11 Å². The number of hydrogen-bond acceptors (Lipinski definition) is 3. The van der Waals surface area contributed by atoms with Gasteiger partial charge in [0.25, 0.3) is 0 Å². The quantitative estimate of drug-likeness (QED) is 0.783. The fraction of sp³-hybridized carbons (Fsp3) is 0.786. The molecule has 0 radical (unpaired) electrons. The summed E-state index contributed by atoms with van der Waals surface area (Å²) < 4.78 is 2.19. The largest absolute Gasteiger partial charge is 0.396 e. The number of hydrogen-bond donors (Lipinski definition) is 2. The lowest BCUT2D eigenvalue weighted by atomic mass is 9.85. The van der Waals surface area contributed by atoms with E-state index in [-0.39, 0.29) is 12.0 Å². The van der Waals surface area contributed by atoms with E-state index in [1.54, 1.807) is 0 Å². The summed E-state index contributed by atoms with van der Waals surface area (Å²) in [6, 6.07) is 0.312. The Kier molecular flexibility index (Phi) is 5.82. The van der Waals surface area contributed by atoms with E-state index >= 15 is 0 Å². The van der Waals surface area contributed by atoms with Gasteiger partial charge in [0, 0.05) is 31.9 Å². The van der Waals surface area contributed by atoms with E-state index in [1.807, 2.05) is 12.5 Å². The SMILES string of the molecule is CCCn1cncc1CNC(CCO)C(C)(C)C. The second-order valence-electron chi connectivity index (χ2n) is 5.89. The first kappa shape index (κ1) is 15.2. The minimum Gasteiger partial charge on any atom is -0.396 e. The van der Waals surface area contributed by atoms with Crippen molar-refractivity contribution in [3.63, 3.8) is 0 Å². The van der Waals surface area contributed by atoms with Crippen LogP contribution in [0.3, 0.4) is 0 Å². The van der Waals surface area contributed by atoms with Crippen LogP contribution in [-0.2, 0) is 13.1 Å². The van der Waals surface area contributed by atoms with Gasteiger partial charge in [-0.1, -0.05) is 27.7 Å². The van der Waals surface area contributed by atoms with Crippen molar-refractivity contribution in [1.82, 2.24) is 14.9 Å². The molecule has 1 aromatic rings. The molecule has 0 spiro atoms. The van der Waals surface area contributed by atoms with Crippen LogP contribution in [-0.4, -0.2) is 27.3 Å². The van der Waals surface area contributed by atoms with Crippen molar-refractivity contribution >= 4 is 0 Å². The number of aromatic nitrogens is 2. The average molecular weight is 253 g/mol. The highest BCUT2D eigenvalue weighted by Crippen LogP contribution is 2.22. The molecular formula is C14H27N3O. The van der Waals surface area contributed by atoms with Crippen molar-refractivity contribution in [2.24, 2.45) is 5.41 Å². The van der Waals surface area contributed by atoms with Gasteiger partial charge < -0.3 is 15.0 Å². The van der Waals surface area contributed by atoms with Crippen LogP contribution in [0.15, 0.2) is 12.5 Å². The number of aliphatic hydroxyl groups is 1. The zero-order chi connectivity index (χ0) is 13.6. The highest BCUT2D eigenvalue weighted by atomic mass is 16.3. The molecule has 4 heteroatoms. The van der Waals surface area contributed by atoms with Crippen molar-refractivity contribution in [2.75, 3.05) is 6.61 Å². The number of nitrogens with one attached hydrogen (secondary N) is 1. The van der Waals surface area contributed by atoms with Crippen molar-refractivity contribution in [3.8, 4) is 0 Å². The van der Waals surface area contributed by atoms with Crippen molar-refractivity contribution in [3.05, 3.63) is 18.2 Å². The lowest BCUT2D eigenvalue weighted by molar-refractivity contribution is 0.195. The molecule has 0 aliphatic rings. The minimum absolute atomic E-state index is 0.151. The predicted octanol–water partition coefficient (Wildman–Crippen LogP) is 2.18. The van der Waals surface area contributed by atoms with Gasteiger partial charge in [0.05, 0.1) is 12.0 Å². The maximum atomic E-state index is 9.14. The van der Waals surface area contributed by atoms with Gasteiger partial charge in [-0.25, -0.2) is 4.98 Å². The van der Waals surface area contributed by atoms with Crippen LogP contribution in [0, 0.1) is 5.41 Å². The smallest absolute Gasteiger partial charge is 0.0948 e. The average Bonchev–Trinajstić information content (AvgIpc) is 2.71. The van der Waals surface area contributed by atoms with E-state index in [9.17, 15) is 0 Å². The summed E-state index contributed by atoms with van der Waals surface area (Å²) in [7, 11) is 0. The van der Waals surface area contributed by atoms with Gasteiger partial charge in [-0.2, -0.15) is 0 Å². The highest BCUT2D eigenvalue weighted by molar-refractivity contribution is 4.99. The van der Waals surface area contributed by atoms with Crippen LogP contribution in [0.1, 0.15) is 46.2 Å². The summed E-state index contributed by atoms with van der Waals surface area (Å²) in [5, 5.41) is 12.7. The first-order chi connectivity index (χ1) is 8.49. The fourth-order valence-electron chi connectivity index (χ4n) is 2.14. The van der Waals surface area contributed by atoms with Gasteiger partial charge in [0.15, 0.2) is 0 Å². The van der Waals surface area contributed by atoms with Crippen molar-refractivity contribution in [2.45, 2.75) is 59.7 Å². The van der Waals surface area contributed by atoms with Gasteiger partial charge in [-0.15, -0.1) is 0 Å². The molecule has 0 saturated heterocycles. The zero-order valence-corrected chi connectivity index (χ0v) is 12.1. The molecule has 104 valence electrons. The molecule has 0 saturated carbocycles. The number of imidazole rings is 1. The molecule has 0 fully saturated rings. The summed E-state index contributed by atoms with van der Waals surface area (Å²) in [4.78, 5) is 4.20. The van der Waals surface area contributed by atoms with Crippen LogP contribution in [0.5, 0.6) is 0 Å². The van der Waals surface area contributed by atoms with Crippen molar-refractivity contribution in [1.29, 1.82) is 0 Å². The number of nitrogens with zero attached hydrogens (tertiary/aromatic N) is 2. The topological polar surface area (TPSA) is 50.1 Å². The van der Waals surface area contributed by atoms with Crippen LogP contribution < -0.4 is 5.32 Å². The first-order valence-electron chi connectivity index (χ1n) is 6.82. The number of rotatable bonds is 7. The summed E-state index contributed by atoms with van der Waals surface area (Å²) in [6.45, 7) is 10.8. The molecule has 0 aliphatic carbocycles. The van der Waals surface area contributed by atoms with Crippen LogP contribution in [0.2, 0.25) is 0 Å². The minimum atomic E-state index is 0.151. The fourth-order valence-corrected chi connectivity index (χ4v) is 2.14. The molecular weight excluding hydrogens is 226 g/mol. The monoisotopic (exact) mass is 253 g/mol. The van der Waals surface area contributed by atoms with Gasteiger partial charge in [-0.3, -0.25) is 0 Å². The first-order valence-corrected chi connectivity index (χ1v) is 6.82. The molecule has 1 heterocycles. The Labute approximate surface area is 110 Å². The summed E-state index contributed by atoms with van der Waals surface area (Å²) in [5.74, 6) is 0. The molecule has 1 aromatic heterocycles. The molecule has 0 amide bonds. The molecule has 1 rings (SSSR count). The van der Waals surface area contributed by atoms with Crippen LogP contribution in [0.25, 0.3) is 0 Å². The Balaban J connectivity index is 2.58. The molecule has 2 N–H and O–H groups in total. The van der Waals surface area contributed by atoms with E-state index in [0.717, 1.165) is 25.9 Å². The molecule has 0 aromatic carbocycles. The number of aliphatic hydroxyl groups excluding tert-OH is 1. The molecule has 18 heavy (non-hydrogen) atoms. The summed E-state index contributed by atoms with van der Waals surface area (Å²) >= 11 is 0. The Bertz CT molecular complexity index is 341. The Hall–Kier alpha value is -0.870. The summed E-state index contributed by atoms with van der Waals surface area (Å²) in [5.41, 5.74) is 1.36. The standard InChI is InChI=1S/C14H27N3O/c1-5-7-17-11-15-9-12(17)10-16-13(6-8-18)14(2,3)4/h9,11,13,16,18H,5-8,10H2,1-4H3. The van der Waals surface area contributed by atoms with Gasteiger partial charge in [0.2, 0.25) is 0 Å². The van der Waals surface area contributed by atoms with Gasteiger partial charge in [-0.05, 0) is 18.3 Å². The second kappa shape index (κ2) is 6.90. The molecule has 0 bridgehead atoms. The van der Waals surface area contributed by atoms with Crippen LogP contribution in [0.4, 0.5) is 0 Å². The normalized spacial score (nSPS) is 13.8. The second-order valence-corrected chi connectivity index (χ2v) is 5.89. The summed E-state index contributed by atoms with van der Waals surface area (Å²) in [6.07, 6.45) is 5.70. The number of aryl methyl sites for hydroxylation is 1. The molecule has 1 unspecified atom stereocenters. The lowest BCUT2D eigenvalue weighted by Crippen LogP contribution is -2.40. The maximum absolute atomic E-state index is 9.14. The molecule has 0 aliphatic heterocycles. The maximum Gasteiger partial charge on any atom is 0.0948 e. The van der Waals surface area contributed by atoms with E-state index < -0.39 is 0 Å².